The zero-order valence-electron chi connectivity index (χ0n) is 27.9. The smallest absolute Gasteiger partial charge is 0.314 e. The summed E-state index contributed by atoms with van der Waals surface area (Å²) in [5.41, 5.74) is 3.43. The van der Waals surface area contributed by atoms with Crippen LogP contribution in [0.25, 0.3) is 6.08 Å². The Morgan fingerprint density at radius 3 is 2.14 bits per heavy atom. The van der Waals surface area contributed by atoms with E-state index < -0.39 is 0 Å². The summed E-state index contributed by atoms with van der Waals surface area (Å²) in [4.78, 5) is 54.3. The lowest BCUT2D eigenvalue weighted by molar-refractivity contribution is -0.141. The first-order valence-corrected chi connectivity index (χ1v) is 17.2. The van der Waals surface area contributed by atoms with Crippen molar-refractivity contribution in [3.05, 3.63) is 110 Å². The molecule has 10 heteroatoms. The van der Waals surface area contributed by atoms with Crippen molar-refractivity contribution in [1.29, 1.82) is 0 Å². The molecule has 49 heavy (non-hydrogen) atoms. The lowest BCUT2D eigenvalue weighted by Crippen LogP contribution is -2.29. The number of hydrogen-bond acceptors (Lipinski definition) is 8. The van der Waals surface area contributed by atoms with Gasteiger partial charge in [-0.15, -0.1) is 11.3 Å². The second-order valence-corrected chi connectivity index (χ2v) is 13.7. The second-order valence-electron chi connectivity index (χ2n) is 12.0. The average molecular weight is 700 g/mol. The summed E-state index contributed by atoms with van der Waals surface area (Å²) in [6.07, 6.45) is 5.56. The molecule has 0 bridgehead atoms. The number of allylic oxidation sites excluding steroid dienone is 1. The molecule has 1 saturated carbocycles. The Bertz CT molecular complexity index is 1860. The Kier molecular flexibility index (Phi) is 11.7. The number of methoxy groups -OCH3 is 2. The van der Waals surface area contributed by atoms with Crippen molar-refractivity contribution in [2.24, 2.45) is 11.8 Å². The van der Waals surface area contributed by atoms with Crippen LogP contribution in [0.15, 0.2) is 78.9 Å². The number of nitrogens with zero attached hydrogens (tertiary/aromatic N) is 1. The summed E-state index contributed by atoms with van der Waals surface area (Å²) in [5, 5.41) is 0. The quantitative estimate of drug-likeness (QED) is 0.0634. The minimum atomic E-state index is -0.360. The molecule has 1 aliphatic rings. The molecule has 0 unspecified atom stereocenters. The number of Topliss-reactive ketones (excluding diaryl/α,β-unsaturated/α-hetero) is 1. The molecule has 0 radical (unpaired) electrons. The molecule has 254 valence electrons. The number of amides is 1. The number of carbonyl (C=O) groups excluding carboxylic acids is 4. The van der Waals surface area contributed by atoms with Gasteiger partial charge in [0.2, 0.25) is 0 Å². The van der Waals surface area contributed by atoms with E-state index in [9.17, 15) is 19.2 Å². The van der Waals surface area contributed by atoms with Crippen LogP contribution in [-0.2, 0) is 16.0 Å². The van der Waals surface area contributed by atoms with Gasteiger partial charge in [-0.25, -0.2) is 0 Å². The highest BCUT2D eigenvalue weighted by Crippen LogP contribution is 2.34. The van der Waals surface area contributed by atoms with E-state index in [0.717, 1.165) is 16.8 Å². The summed E-state index contributed by atoms with van der Waals surface area (Å²) in [6, 6.07) is 21.2. The number of aryl methyl sites for hydroxylation is 1. The number of benzene rings is 3. The van der Waals surface area contributed by atoms with Gasteiger partial charge >= 0.3 is 5.97 Å². The summed E-state index contributed by atoms with van der Waals surface area (Å²) < 4.78 is 17.1. The molecule has 0 aliphatic heterocycles. The first kappa shape index (κ1) is 35.6. The molecular formula is C39H38ClNO7S. The Hall–Kier alpha value is -4.73. The lowest BCUT2D eigenvalue weighted by atomic mass is 9.79. The van der Waals surface area contributed by atoms with Gasteiger partial charge < -0.3 is 19.1 Å². The topological polar surface area (TPSA) is 99.2 Å². The van der Waals surface area contributed by atoms with E-state index in [4.69, 9.17) is 25.8 Å². The van der Waals surface area contributed by atoms with E-state index >= 15 is 0 Å². The minimum absolute atomic E-state index is 0.121. The van der Waals surface area contributed by atoms with E-state index in [1.165, 1.54) is 17.4 Å². The Labute approximate surface area is 295 Å². The van der Waals surface area contributed by atoms with Gasteiger partial charge in [-0.2, -0.15) is 0 Å². The molecule has 1 fully saturated rings. The van der Waals surface area contributed by atoms with Crippen molar-refractivity contribution in [3.8, 4) is 17.2 Å². The maximum Gasteiger partial charge on any atom is 0.314 e. The van der Waals surface area contributed by atoms with Gasteiger partial charge in [0.1, 0.15) is 23.0 Å². The molecule has 4 aromatic rings. The van der Waals surface area contributed by atoms with Gasteiger partial charge in [0.15, 0.2) is 5.78 Å². The molecule has 0 N–H and O–H groups in total. The second kappa shape index (κ2) is 16.1. The van der Waals surface area contributed by atoms with E-state index in [-0.39, 0.29) is 41.7 Å². The molecule has 3 aromatic carbocycles. The van der Waals surface area contributed by atoms with Crippen LogP contribution >= 0.6 is 22.9 Å². The highest BCUT2D eigenvalue weighted by molar-refractivity contribution is 7.18. The van der Waals surface area contributed by atoms with Gasteiger partial charge in [0.25, 0.3) is 5.91 Å². The van der Waals surface area contributed by atoms with Crippen LogP contribution < -0.4 is 19.1 Å². The van der Waals surface area contributed by atoms with Crippen LogP contribution in [0.4, 0.5) is 5.69 Å². The fourth-order valence-electron chi connectivity index (χ4n) is 5.88. The third kappa shape index (κ3) is 8.85. The van der Waals surface area contributed by atoms with Crippen LogP contribution in [0.3, 0.4) is 0 Å². The Balaban J connectivity index is 1.15. The fourth-order valence-corrected chi connectivity index (χ4v) is 6.84. The Morgan fingerprint density at radius 2 is 1.53 bits per heavy atom. The van der Waals surface area contributed by atoms with Crippen molar-refractivity contribution in [3.63, 3.8) is 0 Å². The summed E-state index contributed by atoms with van der Waals surface area (Å²) in [6.45, 7) is 1.85. The predicted octanol–water partition coefficient (Wildman–Crippen LogP) is 8.42. The molecular weight excluding hydrogens is 662 g/mol. The van der Waals surface area contributed by atoms with Gasteiger partial charge in [-0.05, 0) is 117 Å². The molecule has 1 aliphatic carbocycles. The van der Waals surface area contributed by atoms with E-state index in [1.54, 1.807) is 80.8 Å². The molecule has 0 spiro atoms. The van der Waals surface area contributed by atoms with Crippen LogP contribution in [0.5, 0.6) is 17.2 Å². The number of thiophene rings is 1. The third-order valence-electron chi connectivity index (χ3n) is 8.83. The zero-order valence-corrected chi connectivity index (χ0v) is 29.4. The van der Waals surface area contributed by atoms with E-state index in [1.807, 2.05) is 31.2 Å². The van der Waals surface area contributed by atoms with Crippen molar-refractivity contribution in [1.82, 2.24) is 0 Å². The molecule has 1 heterocycles. The molecule has 0 atom stereocenters. The van der Waals surface area contributed by atoms with Gasteiger partial charge in [-0.1, -0.05) is 23.7 Å². The molecule has 5 rings (SSSR count). The third-order valence-corrected chi connectivity index (χ3v) is 10.1. The van der Waals surface area contributed by atoms with Crippen LogP contribution in [-0.4, -0.2) is 44.7 Å². The molecule has 0 saturated heterocycles. The first-order valence-electron chi connectivity index (χ1n) is 16.0. The fraction of sp³-hybridized carbons (Fsp3) is 0.282. The molecule has 1 amide bonds. The van der Waals surface area contributed by atoms with Crippen molar-refractivity contribution in [2.75, 3.05) is 26.2 Å². The van der Waals surface area contributed by atoms with Gasteiger partial charge in [0.05, 0.1) is 29.4 Å². The SMILES string of the molecule is COc1ccc(N(C)C(=O)c2ccc(CC(=O)C3CCC(C(=O)Oc4cc(C)c(OC)cc4/C=C/C(=O)c4ccc(Cl)s4)CC3)cc2)cc1. The minimum Gasteiger partial charge on any atom is -0.497 e. The number of carbonyl (C=O) groups is 4. The van der Waals surface area contributed by atoms with E-state index in [2.05, 4.69) is 0 Å². The number of rotatable bonds is 12. The van der Waals surface area contributed by atoms with Crippen molar-refractivity contribution >= 4 is 58.1 Å². The summed E-state index contributed by atoms with van der Waals surface area (Å²) >= 11 is 7.17. The standard InChI is InChI=1S/C39H38ClNO7S/c1-24-21-35(29(23-34(24)47-4)13-18-32(42)36-19-20-37(40)49-36)48-39(45)28-11-9-26(10-12-28)33(43)22-25-5-7-27(8-6-25)38(44)41(2)30-14-16-31(46-3)17-15-30/h5-8,13-21,23,26,28H,9-12,22H2,1-4H3/b18-13+. The zero-order chi connectivity index (χ0) is 35.1. The van der Waals surface area contributed by atoms with Gasteiger partial charge in [0, 0.05) is 36.2 Å². The number of halogens is 1. The van der Waals surface area contributed by atoms with Crippen LogP contribution in [0.1, 0.15) is 62.4 Å². The van der Waals surface area contributed by atoms with Crippen LogP contribution in [0, 0.1) is 18.8 Å². The first-order chi connectivity index (χ1) is 23.6. The van der Waals surface area contributed by atoms with Crippen molar-refractivity contribution < 1.29 is 33.4 Å². The number of hydrogen-bond donors (Lipinski definition) is 0. The number of ketones is 2. The largest absolute Gasteiger partial charge is 0.497 e. The van der Waals surface area contributed by atoms with E-state index in [0.29, 0.717) is 63.3 Å². The lowest BCUT2D eigenvalue weighted by Gasteiger charge is -2.26. The maximum atomic E-state index is 13.3. The number of ether oxygens (including phenoxy) is 3. The summed E-state index contributed by atoms with van der Waals surface area (Å²) in [5.74, 6) is 0.565. The Morgan fingerprint density at radius 1 is 0.857 bits per heavy atom. The number of anilines is 1. The predicted molar refractivity (Wildman–Crippen MR) is 192 cm³/mol. The normalized spacial score (nSPS) is 15.9. The highest BCUT2D eigenvalue weighted by atomic mass is 35.5. The van der Waals surface area contributed by atoms with Crippen LogP contribution in [0.2, 0.25) is 4.34 Å². The highest BCUT2D eigenvalue weighted by Gasteiger charge is 2.31. The summed E-state index contributed by atoms with van der Waals surface area (Å²) in [7, 11) is 4.87. The van der Waals surface area contributed by atoms with Crippen molar-refractivity contribution in [2.45, 2.75) is 39.0 Å². The molecule has 1 aromatic heterocycles. The monoisotopic (exact) mass is 699 g/mol. The molecule has 8 nitrogen and oxygen atoms in total. The number of esters is 1. The maximum absolute atomic E-state index is 13.3. The average Bonchev–Trinajstić information content (AvgIpc) is 3.57. The van der Waals surface area contributed by atoms with Gasteiger partial charge in [-0.3, -0.25) is 19.2 Å².